The summed E-state index contributed by atoms with van der Waals surface area (Å²) in [6.45, 7) is 1.64. The van der Waals surface area contributed by atoms with Crippen LogP contribution in [-0.2, 0) is 5.54 Å². The minimum absolute atomic E-state index is 0.0486. The van der Waals surface area contributed by atoms with Crippen LogP contribution in [0.2, 0.25) is 0 Å². The zero-order valence-corrected chi connectivity index (χ0v) is 14.8. The second-order valence-corrected chi connectivity index (χ2v) is 7.29. The highest BCUT2D eigenvalue weighted by atomic mass is 19.1. The molecule has 0 unspecified atom stereocenters. The van der Waals surface area contributed by atoms with Gasteiger partial charge >= 0.3 is 11.7 Å². The van der Waals surface area contributed by atoms with Crippen molar-refractivity contribution in [2.75, 3.05) is 7.05 Å². The fraction of sp³-hybridized carbons (Fsp3) is 0.444. The van der Waals surface area contributed by atoms with E-state index in [0.717, 1.165) is 12.8 Å². The first kappa shape index (κ1) is 17.6. The van der Waals surface area contributed by atoms with E-state index in [9.17, 15) is 24.8 Å². The van der Waals surface area contributed by atoms with Gasteiger partial charge in [-0.15, -0.1) is 0 Å². The molecule has 0 saturated heterocycles. The molecule has 0 aliphatic heterocycles. The van der Waals surface area contributed by atoms with Crippen LogP contribution in [0, 0.1) is 22.9 Å². The summed E-state index contributed by atoms with van der Waals surface area (Å²) in [7, 11) is 1.67. The second-order valence-electron chi connectivity index (χ2n) is 7.29. The van der Waals surface area contributed by atoms with Gasteiger partial charge in [0.05, 0.1) is 10.4 Å². The molecular formula is C18H18FN3O5. The Hall–Kier alpha value is -2.81. The minimum Gasteiger partial charge on any atom is -0.477 e. The number of aromatic nitrogens is 1. The van der Waals surface area contributed by atoms with E-state index in [1.807, 2.05) is 0 Å². The van der Waals surface area contributed by atoms with Crippen molar-refractivity contribution < 1.29 is 19.2 Å². The van der Waals surface area contributed by atoms with Crippen molar-refractivity contribution in [2.24, 2.45) is 0 Å². The Morgan fingerprint density at radius 1 is 1.44 bits per heavy atom. The summed E-state index contributed by atoms with van der Waals surface area (Å²) in [5.41, 5.74) is -2.33. The molecule has 27 heavy (non-hydrogen) atoms. The molecule has 2 aliphatic carbocycles. The fourth-order valence-electron chi connectivity index (χ4n) is 4.03. The van der Waals surface area contributed by atoms with Crippen molar-refractivity contribution in [1.82, 2.24) is 9.88 Å². The van der Waals surface area contributed by atoms with Gasteiger partial charge in [0, 0.05) is 23.3 Å². The van der Waals surface area contributed by atoms with Gasteiger partial charge in [0.15, 0.2) is 0 Å². The predicted octanol–water partition coefficient (Wildman–Crippen LogP) is 2.60. The first-order valence-electron chi connectivity index (χ1n) is 8.71. The summed E-state index contributed by atoms with van der Waals surface area (Å²) < 4.78 is 16.9. The molecule has 0 atom stereocenters. The van der Waals surface area contributed by atoms with E-state index in [2.05, 4.69) is 5.32 Å². The Morgan fingerprint density at radius 3 is 2.52 bits per heavy atom. The van der Waals surface area contributed by atoms with Gasteiger partial charge in [0.1, 0.15) is 10.9 Å². The lowest BCUT2D eigenvalue weighted by Crippen LogP contribution is -2.29. The van der Waals surface area contributed by atoms with E-state index >= 15 is 4.39 Å². The summed E-state index contributed by atoms with van der Waals surface area (Å²) in [5, 5.41) is 23.7. The molecule has 2 saturated carbocycles. The van der Waals surface area contributed by atoms with Gasteiger partial charge < -0.3 is 15.0 Å². The van der Waals surface area contributed by atoms with E-state index in [-0.39, 0.29) is 17.1 Å². The number of nitrogens with zero attached hydrogens (tertiary/aromatic N) is 2. The average molecular weight is 375 g/mol. The lowest BCUT2D eigenvalue weighted by Gasteiger charge is -2.22. The number of halogens is 1. The lowest BCUT2D eigenvalue weighted by atomic mass is 9.93. The van der Waals surface area contributed by atoms with Crippen molar-refractivity contribution in [3.05, 3.63) is 49.0 Å². The number of benzene rings is 1. The average Bonchev–Trinajstić information content (AvgIpc) is 3.49. The van der Waals surface area contributed by atoms with Gasteiger partial charge in [-0.05, 0) is 45.2 Å². The number of hydrogen-bond acceptors (Lipinski definition) is 5. The molecule has 1 aromatic heterocycles. The van der Waals surface area contributed by atoms with Crippen LogP contribution in [0.4, 0.5) is 10.1 Å². The zero-order chi connectivity index (χ0) is 19.7. The van der Waals surface area contributed by atoms with E-state index in [1.54, 1.807) is 18.5 Å². The first-order chi connectivity index (χ1) is 12.7. The number of nitrogens with one attached hydrogen (secondary N) is 1. The number of carboxylic acid groups (broad SMARTS) is 1. The normalized spacial score (nSPS) is 17.9. The van der Waals surface area contributed by atoms with Crippen LogP contribution in [0.15, 0.2) is 11.0 Å². The van der Waals surface area contributed by atoms with Crippen molar-refractivity contribution in [3.8, 4) is 0 Å². The van der Waals surface area contributed by atoms with Crippen LogP contribution in [0.25, 0.3) is 10.9 Å². The number of carboxylic acids is 1. The predicted molar refractivity (Wildman–Crippen MR) is 94.8 cm³/mol. The van der Waals surface area contributed by atoms with E-state index < -0.39 is 44.3 Å². The van der Waals surface area contributed by atoms with Crippen molar-refractivity contribution in [2.45, 2.75) is 44.2 Å². The Morgan fingerprint density at radius 2 is 2.07 bits per heavy atom. The Labute approximate surface area is 152 Å². The maximum atomic E-state index is 15.3. The number of pyridine rings is 1. The molecular weight excluding hydrogens is 357 g/mol. The highest BCUT2D eigenvalue weighted by Gasteiger charge is 2.49. The molecule has 2 N–H and O–H groups in total. The second kappa shape index (κ2) is 5.59. The monoisotopic (exact) mass is 375 g/mol. The number of hydrogen-bond donors (Lipinski definition) is 2. The van der Waals surface area contributed by atoms with E-state index in [4.69, 9.17) is 0 Å². The van der Waals surface area contributed by atoms with Crippen molar-refractivity contribution >= 4 is 22.6 Å². The number of aromatic carboxylic acids is 1. The third kappa shape index (κ3) is 2.38. The quantitative estimate of drug-likeness (QED) is 0.613. The van der Waals surface area contributed by atoms with Gasteiger partial charge in [-0.2, -0.15) is 4.39 Å². The minimum atomic E-state index is -1.48. The van der Waals surface area contributed by atoms with Gasteiger partial charge in [-0.25, -0.2) is 4.79 Å². The van der Waals surface area contributed by atoms with Crippen LogP contribution in [0.1, 0.15) is 53.2 Å². The largest absolute Gasteiger partial charge is 0.477 e. The topological polar surface area (TPSA) is 114 Å². The summed E-state index contributed by atoms with van der Waals surface area (Å²) in [6, 6.07) is -0.0486. The number of aryl methyl sites for hydroxylation is 1. The van der Waals surface area contributed by atoms with Crippen LogP contribution >= 0.6 is 0 Å². The third-order valence-electron chi connectivity index (χ3n) is 5.69. The smallest absolute Gasteiger partial charge is 0.341 e. The van der Waals surface area contributed by atoms with Gasteiger partial charge in [0.2, 0.25) is 11.2 Å². The number of nitro groups is 1. The molecule has 1 aromatic carbocycles. The first-order valence-corrected chi connectivity index (χ1v) is 8.71. The van der Waals surface area contributed by atoms with Crippen LogP contribution in [0.5, 0.6) is 0 Å². The molecule has 142 valence electrons. The Balaban J connectivity index is 2.25. The van der Waals surface area contributed by atoms with Crippen LogP contribution in [-0.4, -0.2) is 27.6 Å². The zero-order valence-electron chi connectivity index (χ0n) is 14.8. The molecule has 4 rings (SSSR count). The van der Waals surface area contributed by atoms with E-state index in [0.29, 0.717) is 18.4 Å². The van der Waals surface area contributed by atoms with Gasteiger partial charge in [0.25, 0.3) is 0 Å². The van der Waals surface area contributed by atoms with Crippen LogP contribution < -0.4 is 10.7 Å². The molecule has 0 amide bonds. The molecule has 0 bridgehead atoms. The molecule has 0 spiro atoms. The Bertz CT molecular complexity index is 1080. The summed E-state index contributed by atoms with van der Waals surface area (Å²) >= 11 is 0. The SMILES string of the molecule is CNC1(c2c(F)c([N+](=O)[O-])c3c(=O)c(C(=O)O)cn(C4CC4)c3c2C)CC1. The molecule has 2 aromatic rings. The number of carbonyl (C=O) groups is 1. The molecule has 2 aliphatic rings. The maximum Gasteiger partial charge on any atom is 0.341 e. The molecule has 0 radical (unpaired) electrons. The van der Waals surface area contributed by atoms with Gasteiger partial charge in [-0.3, -0.25) is 14.9 Å². The van der Waals surface area contributed by atoms with Crippen LogP contribution in [0.3, 0.4) is 0 Å². The number of rotatable bonds is 5. The molecule has 2 fully saturated rings. The maximum absolute atomic E-state index is 15.3. The fourth-order valence-corrected chi connectivity index (χ4v) is 4.03. The highest BCUT2D eigenvalue weighted by Crippen LogP contribution is 2.51. The highest BCUT2D eigenvalue weighted by molar-refractivity contribution is 5.98. The third-order valence-corrected chi connectivity index (χ3v) is 5.69. The summed E-state index contributed by atoms with van der Waals surface area (Å²) in [5.74, 6) is -2.54. The number of nitro benzene ring substituents is 1. The number of fused-ring (bicyclic) bond motifs is 1. The van der Waals surface area contributed by atoms with Crippen molar-refractivity contribution in [3.63, 3.8) is 0 Å². The Kier molecular flexibility index (Phi) is 3.64. The molecule has 1 heterocycles. The van der Waals surface area contributed by atoms with E-state index in [1.165, 1.54) is 6.20 Å². The molecule has 9 heteroatoms. The van der Waals surface area contributed by atoms with Crippen molar-refractivity contribution in [1.29, 1.82) is 0 Å². The summed E-state index contributed by atoms with van der Waals surface area (Å²) in [4.78, 5) is 35.1. The summed E-state index contributed by atoms with van der Waals surface area (Å²) in [6.07, 6.45) is 4.04. The lowest BCUT2D eigenvalue weighted by molar-refractivity contribution is -0.385. The van der Waals surface area contributed by atoms with Gasteiger partial charge in [-0.1, -0.05) is 0 Å². The standard InChI is InChI=1S/C18H18FN3O5/c1-8-12(18(20-2)5-6-18)13(19)15(22(26)27)11-14(8)21(9-3-4-9)7-10(16(11)23)17(24)25/h7,9,20H,3-6H2,1-2H3,(H,24,25). The molecule has 8 nitrogen and oxygen atoms in total.